The van der Waals surface area contributed by atoms with E-state index in [9.17, 15) is 39.4 Å². The first-order valence-electron chi connectivity index (χ1n) is 11.4. The monoisotopic (exact) mass is 537 g/mol. The number of likely N-dealkylation sites (tertiary alicyclic amines) is 1. The van der Waals surface area contributed by atoms with E-state index in [1.807, 2.05) is 0 Å². The van der Waals surface area contributed by atoms with Gasteiger partial charge in [0.2, 0.25) is 0 Å². The Morgan fingerprint density at radius 2 is 1.55 bits per heavy atom. The molecule has 0 saturated carbocycles. The molecule has 0 spiro atoms. The number of hydrogen-bond acceptors (Lipinski definition) is 12. The third-order valence-corrected chi connectivity index (χ3v) is 5.45. The second kappa shape index (κ2) is 13.7. The van der Waals surface area contributed by atoms with Crippen LogP contribution in [-0.4, -0.2) is 71.2 Å². The summed E-state index contributed by atoms with van der Waals surface area (Å²) in [4.78, 5) is 70.0. The average molecular weight is 537 g/mol. The van der Waals surface area contributed by atoms with E-state index in [2.05, 4.69) is 6.58 Å². The molecule has 1 unspecified atom stereocenters. The van der Waals surface area contributed by atoms with Crippen molar-refractivity contribution in [1.82, 2.24) is 4.90 Å². The van der Waals surface area contributed by atoms with Gasteiger partial charge in [0.1, 0.15) is 25.4 Å². The zero-order valence-corrected chi connectivity index (χ0v) is 20.8. The van der Waals surface area contributed by atoms with Crippen LogP contribution in [0.4, 0.5) is 16.2 Å². The van der Waals surface area contributed by atoms with Gasteiger partial charge in [0.15, 0.2) is 6.10 Å². The van der Waals surface area contributed by atoms with Crippen molar-refractivity contribution in [3.8, 4) is 0 Å². The molecule has 206 valence electrons. The minimum absolute atomic E-state index is 0.0802. The minimum atomic E-state index is -1.05. The highest BCUT2D eigenvalue weighted by Gasteiger charge is 2.32. The maximum absolute atomic E-state index is 12.6. The first-order valence-corrected chi connectivity index (χ1v) is 11.4. The van der Waals surface area contributed by atoms with E-state index in [4.69, 9.17) is 18.9 Å². The van der Waals surface area contributed by atoms with Crippen LogP contribution in [0.15, 0.2) is 30.4 Å². The van der Waals surface area contributed by atoms with E-state index in [0.29, 0.717) is 0 Å². The van der Waals surface area contributed by atoms with Gasteiger partial charge < -0.3 is 23.8 Å². The van der Waals surface area contributed by atoms with Crippen molar-refractivity contribution >= 4 is 35.4 Å². The molecule has 2 rings (SSSR count). The number of nitro groups is 2. The van der Waals surface area contributed by atoms with Crippen molar-refractivity contribution in [3.05, 3.63) is 56.1 Å². The van der Waals surface area contributed by atoms with Gasteiger partial charge in [-0.05, 0) is 25.8 Å². The first kappa shape index (κ1) is 29.7. The fourth-order valence-electron chi connectivity index (χ4n) is 3.45. The normalized spacial score (nSPS) is 14.1. The number of benzene rings is 1. The van der Waals surface area contributed by atoms with Gasteiger partial charge in [-0.3, -0.25) is 29.8 Å². The molecule has 1 saturated heterocycles. The number of rotatable bonds is 11. The van der Waals surface area contributed by atoms with Gasteiger partial charge in [-0.25, -0.2) is 9.59 Å². The predicted octanol–water partition coefficient (Wildman–Crippen LogP) is 2.45. The molecule has 1 heterocycles. The summed E-state index contributed by atoms with van der Waals surface area (Å²) in [5.41, 5.74) is -1.31. The van der Waals surface area contributed by atoms with Crippen LogP contribution in [0.5, 0.6) is 0 Å². The van der Waals surface area contributed by atoms with E-state index in [0.717, 1.165) is 18.2 Å². The van der Waals surface area contributed by atoms with Crippen LogP contribution in [0, 0.1) is 26.1 Å². The minimum Gasteiger partial charge on any atom is -0.462 e. The molecule has 0 aromatic heterocycles. The highest BCUT2D eigenvalue weighted by Crippen LogP contribution is 2.29. The average Bonchev–Trinajstić information content (AvgIpc) is 2.87. The van der Waals surface area contributed by atoms with Gasteiger partial charge in [0, 0.05) is 37.7 Å². The highest BCUT2D eigenvalue weighted by atomic mass is 16.6. The summed E-state index contributed by atoms with van der Waals surface area (Å²) in [5, 5.41) is 22.5. The summed E-state index contributed by atoms with van der Waals surface area (Å²) in [7, 11) is 0. The van der Waals surface area contributed by atoms with Gasteiger partial charge >= 0.3 is 24.0 Å². The van der Waals surface area contributed by atoms with Gasteiger partial charge in [-0.15, -0.1) is 0 Å². The number of piperidine rings is 1. The lowest BCUT2D eigenvalue weighted by Crippen LogP contribution is -2.42. The molecule has 0 bridgehead atoms. The van der Waals surface area contributed by atoms with Crippen molar-refractivity contribution in [1.29, 1.82) is 0 Å². The number of amides is 1. The van der Waals surface area contributed by atoms with Gasteiger partial charge in [-0.1, -0.05) is 6.58 Å². The fraction of sp³-hybridized carbons (Fsp3) is 0.478. The zero-order valence-electron chi connectivity index (χ0n) is 20.8. The number of nitro benzene ring substituents is 2. The predicted molar refractivity (Wildman–Crippen MR) is 127 cm³/mol. The van der Waals surface area contributed by atoms with E-state index >= 15 is 0 Å². The third kappa shape index (κ3) is 8.53. The molecule has 0 N–H and O–H groups in total. The summed E-state index contributed by atoms with van der Waals surface area (Å²) in [6.45, 7) is 4.85. The fourth-order valence-corrected chi connectivity index (χ4v) is 3.45. The lowest BCUT2D eigenvalue weighted by atomic mass is 9.97. The maximum Gasteiger partial charge on any atom is 0.410 e. The smallest absolute Gasteiger partial charge is 0.410 e. The molecule has 0 radical (unpaired) electrons. The Hall–Kier alpha value is -4.56. The van der Waals surface area contributed by atoms with Crippen LogP contribution < -0.4 is 0 Å². The Morgan fingerprint density at radius 3 is 2.05 bits per heavy atom. The molecule has 1 aromatic carbocycles. The summed E-state index contributed by atoms with van der Waals surface area (Å²) in [6, 6.07) is 3.30. The number of hydrogen-bond donors (Lipinski definition) is 0. The van der Waals surface area contributed by atoms with Crippen LogP contribution >= 0.6 is 0 Å². The van der Waals surface area contributed by atoms with Gasteiger partial charge in [-0.2, -0.15) is 0 Å². The molecule has 38 heavy (non-hydrogen) atoms. The van der Waals surface area contributed by atoms with Crippen molar-refractivity contribution in [3.63, 3.8) is 0 Å². The number of carbonyl (C=O) groups is 4. The van der Waals surface area contributed by atoms with E-state index in [-0.39, 0.29) is 50.3 Å². The van der Waals surface area contributed by atoms with Crippen LogP contribution in [-0.2, 0) is 39.9 Å². The molecule has 1 amide bonds. The van der Waals surface area contributed by atoms with Crippen molar-refractivity contribution in [2.24, 2.45) is 5.92 Å². The number of nitrogens with zero attached hydrogens (tertiary/aromatic N) is 3. The molecule has 0 aliphatic carbocycles. The molecule has 1 atom stereocenters. The standard InChI is InChI=1S/C23H27N3O12/c1-14(2)21(28)36-12-17(11-35-15(3)27)38-22(29)16-7-9-24(10-8-16)23(30)37-13-18-19(25(31)32)5-4-6-20(18)26(33)34/h4-6,16-17H,1,7-13H2,2-3H3. The van der Waals surface area contributed by atoms with Crippen LogP contribution in [0.1, 0.15) is 32.3 Å². The molecule has 15 heteroatoms. The third-order valence-electron chi connectivity index (χ3n) is 5.45. The summed E-state index contributed by atoms with van der Waals surface area (Å²) >= 11 is 0. The molecular weight excluding hydrogens is 510 g/mol. The van der Waals surface area contributed by atoms with Gasteiger partial charge in [0.25, 0.3) is 11.4 Å². The second-order valence-electron chi connectivity index (χ2n) is 8.35. The topological polar surface area (TPSA) is 195 Å². The Bertz CT molecular complexity index is 1080. The zero-order chi connectivity index (χ0) is 28.4. The Balaban J connectivity index is 1.93. The largest absolute Gasteiger partial charge is 0.462 e. The Morgan fingerprint density at radius 1 is 1.00 bits per heavy atom. The van der Waals surface area contributed by atoms with Crippen LogP contribution in [0.3, 0.4) is 0 Å². The summed E-state index contributed by atoms with van der Waals surface area (Å²) < 4.78 is 20.3. The van der Waals surface area contributed by atoms with Crippen LogP contribution in [0.25, 0.3) is 0 Å². The van der Waals surface area contributed by atoms with Crippen molar-refractivity contribution < 1.29 is 48.0 Å². The summed E-state index contributed by atoms with van der Waals surface area (Å²) in [6.07, 6.45) is -1.53. The molecule has 1 aliphatic rings. The number of esters is 3. The quantitative estimate of drug-likeness (QED) is 0.132. The first-order chi connectivity index (χ1) is 17.9. The number of carbonyl (C=O) groups excluding carboxylic acids is 4. The van der Waals surface area contributed by atoms with Crippen LogP contribution in [0.2, 0.25) is 0 Å². The Kier molecular flexibility index (Phi) is 10.7. The second-order valence-corrected chi connectivity index (χ2v) is 8.35. The van der Waals surface area contributed by atoms with E-state index in [1.54, 1.807) is 0 Å². The maximum atomic E-state index is 12.6. The van der Waals surface area contributed by atoms with Crippen molar-refractivity contribution in [2.75, 3.05) is 26.3 Å². The molecular formula is C23H27N3O12. The Labute approximate surface area is 216 Å². The van der Waals surface area contributed by atoms with E-state index < -0.39 is 63.9 Å². The SMILES string of the molecule is C=C(C)C(=O)OCC(COC(C)=O)OC(=O)C1CCN(C(=O)OCc2c([N+](=O)[O-])cccc2[N+](=O)[O-])CC1. The number of ether oxygens (including phenoxy) is 4. The van der Waals surface area contributed by atoms with Gasteiger partial charge in [0.05, 0.1) is 15.8 Å². The highest BCUT2D eigenvalue weighted by molar-refractivity contribution is 5.87. The molecule has 1 fully saturated rings. The molecule has 1 aliphatic heterocycles. The van der Waals surface area contributed by atoms with E-state index in [1.165, 1.54) is 18.7 Å². The molecule has 1 aromatic rings. The summed E-state index contributed by atoms with van der Waals surface area (Å²) in [5.74, 6) is -2.58. The van der Waals surface area contributed by atoms with Crippen molar-refractivity contribution in [2.45, 2.75) is 39.4 Å². The lowest BCUT2D eigenvalue weighted by Gasteiger charge is -2.31. The molecule has 15 nitrogen and oxygen atoms in total. The lowest BCUT2D eigenvalue weighted by molar-refractivity contribution is -0.396.